The molecule has 38 heavy (non-hydrogen) atoms. The van der Waals surface area contributed by atoms with E-state index in [-0.39, 0.29) is 18.2 Å². The molecule has 1 unspecified atom stereocenters. The van der Waals surface area contributed by atoms with Crippen LogP contribution in [-0.4, -0.2) is 65.2 Å². The van der Waals surface area contributed by atoms with Gasteiger partial charge >= 0.3 is 6.03 Å². The maximum atomic E-state index is 13.7. The van der Waals surface area contributed by atoms with E-state index in [1.54, 1.807) is 29.6 Å². The molecule has 0 aromatic carbocycles. The van der Waals surface area contributed by atoms with Crippen molar-refractivity contribution in [2.75, 3.05) is 41.4 Å². The zero-order chi connectivity index (χ0) is 26.4. The SMILES string of the molecule is Cc1cc(-c2nc3c(cc2Cl)N2CC[C@@H](C2)N3C(=O)Nc2cncc(OCC3COC(C)(C)O3)c2)ccn1. The molecule has 198 valence electrons. The fourth-order valence-corrected chi connectivity index (χ4v) is 5.42. The van der Waals surface area contributed by atoms with Crippen LogP contribution in [0.2, 0.25) is 5.02 Å². The monoisotopic (exact) mass is 536 g/mol. The number of anilines is 3. The summed E-state index contributed by atoms with van der Waals surface area (Å²) in [5, 5.41) is 3.52. The first kappa shape index (κ1) is 24.8. The maximum Gasteiger partial charge on any atom is 0.327 e. The average molecular weight is 537 g/mol. The summed E-state index contributed by atoms with van der Waals surface area (Å²) in [6.07, 6.45) is 5.60. The highest BCUT2D eigenvalue weighted by Crippen LogP contribution is 2.43. The van der Waals surface area contributed by atoms with Crippen molar-refractivity contribution < 1.29 is 19.0 Å². The van der Waals surface area contributed by atoms with Gasteiger partial charge in [-0.3, -0.25) is 14.9 Å². The minimum absolute atomic E-state index is 0.00142. The molecule has 0 saturated carbocycles. The summed E-state index contributed by atoms with van der Waals surface area (Å²) in [6, 6.07) is 7.18. The van der Waals surface area contributed by atoms with E-state index in [2.05, 4.69) is 20.2 Å². The molecule has 10 nitrogen and oxygen atoms in total. The smallest absolute Gasteiger partial charge is 0.327 e. The van der Waals surface area contributed by atoms with E-state index < -0.39 is 5.79 Å². The number of pyridine rings is 3. The highest BCUT2D eigenvalue weighted by Gasteiger charge is 2.41. The molecule has 2 atom stereocenters. The Morgan fingerprint density at radius 2 is 2.16 bits per heavy atom. The Bertz CT molecular complexity index is 1390. The molecular weight excluding hydrogens is 508 g/mol. The molecular formula is C27H29ClN6O4. The van der Waals surface area contributed by atoms with Crippen molar-refractivity contribution in [3.05, 3.63) is 53.6 Å². The molecule has 0 spiro atoms. The van der Waals surface area contributed by atoms with Crippen molar-refractivity contribution >= 4 is 34.8 Å². The maximum absolute atomic E-state index is 13.7. The minimum Gasteiger partial charge on any atom is -0.489 e. The van der Waals surface area contributed by atoms with E-state index in [9.17, 15) is 4.79 Å². The second-order valence-electron chi connectivity index (χ2n) is 10.2. The zero-order valence-corrected chi connectivity index (χ0v) is 22.2. The molecule has 6 rings (SSSR count). The van der Waals surface area contributed by atoms with Crippen molar-refractivity contribution in [2.24, 2.45) is 0 Å². The van der Waals surface area contributed by atoms with Gasteiger partial charge in [-0.25, -0.2) is 9.78 Å². The molecule has 1 N–H and O–H groups in total. The van der Waals surface area contributed by atoms with Gasteiger partial charge in [-0.1, -0.05) is 11.6 Å². The number of nitrogens with one attached hydrogen (secondary N) is 1. The number of nitrogens with zero attached hydrogens (tertiary/aromatic N) is 5. The molecule has 11 heteroatoms. The topological polar surface area (TPSA) is 102 Å². The summed E-state index contributed by atoms with van der Waals surface area (Å²) in [4.78, 5) is 31.1. The van der Waals surface area contributed by atoms with Crippen LogP contribution in [0.1, 0.15) is 26.0 Å². The van der Waals surface area contributed by atoms with Crippen molar-refractivity contribution in [1.82, 2.24) is 15.0 Å². The molecule has 6 heterocycles. The summed E-state index contributed by atoms with van der Waals surface area (Å²) in [5.41, 5.74) is 3.71. The average Bonchev–Trinajstić information content (AvgIpc) is 3.46. The van der Waals surface area contributed by atoms with E-state index in [1.165, 1.54) is 0 Å². The number of aromatic nitrogens is 3. The highest BCUT2D eigenvalue weighted by atomic mass is 35.5. The Balaban J connectivity index is 1.23. The van der Waals surface area contributed by atoms with Crippen molar-refractivity contribution in [3.8, 4) is 17.0 Å². The molecule has 2 saturated heterocycles. The molecule has 2 amide bonds. The lowest BCUT2D eigenvalue weighted by Gasteiger charge is -2.36. The third kappa shape index (κ3) is 4.87. The number of fused-ring (bicyclic) bond motifs is 4. The fraction of sp³-hybridized carbons (Fsp3) is 0.407. The molecule has 3 aromatic heterocycles. The van der Waals surface area contributed by atoms with Crippen molar-refractivity contribution in [1.29, 1.82) is 0 Å². The second kappa shape index (κ2) is 9.68. The lowest BCUT2D eigenvalue weighted by atomic mass is 10.1. The number of carbonyl (C=O) groups excluding carboxylic acids is 1. The van der Waals surface area contributed by atoms with Crippen molar-refractivity contribution in [3.63, 3.8) is 0 Å². The van der Waals surface area contributed by atoms with E-state index in [0.29, 0.717) is 41.2 Å². The number of carbonyl (C=O) groups is 1. The number of halogens is 1. The Kier molecular flexibility index (Phi) is 6.33. The van der Waals surface area contributed by atoms with Gasteiger partial charge in [-0.05, 0) is 45.4 Å². The summed E-state index contributed by atoms with van der Waals surface area (Å²) >= 11 is 6.68. The zero-order valence-electron chi connectivity index (χ0n) is 21.5. The highest BCUT2D eigenvalue weighted by molar-refractivity contribution is 6.33. The van der Waals surface area contributed by atoms with Gasteiger partial charge in [0.15, 0.2) is 11.6 Å². The molecule has 0 aliphatic carbocycles. The summed E-state index contributed by atoms with van der Waals surface area (Å²) in [5.74, 6) is 0.505. The number of ether oxygens (including phenoxy) is 3. The molecule has 3 aromatic rings. The third-order valence-corrected chi connectivity index (χ3v) is 7.18. The van der Waals surface area contributed by atoms with E-state index in [1.807, 2.05) is 39.0 Å². The van der Waals surface area contributed by atoms with Crippen molar-refractivity contribution in [2.45, 2.75) is 45.1 Å². The Hall–Kier alpha value is -3.47. The van der Waals surface area contributed by atoms with Gasteiger partial charge in [0.25, 0.3) is 0 Å². The molecule has 3 aliphatic rings. The fourth-order valence-electron chi connectivity index (χ4n) is 5.17. The Morgan fingerprint density at radius 3 is 2.95 bits per heavy atom. The molecule has 2 fully saturated rings. The van der Waals surface area contributed by atoms with E-state index in [4.69, 9.17) is 30.8 Å². The van der Waals surface area contributed by atoms with Gasteiger partial charge in [-0.2, -0.15) is 0 Å². The lowest BCUT2D eigenvalue weighted by Crippen LogP contribution is -2.48. The van der Waals surface area contributed by atoms with Crippen LogP contribution in [0.5, 0.6) is 5.75 Å². The number of aryl methyl sites for hydroxylation is 1. The first-order chi connectivity index (χ1) is 18.3. The molecule has 3 aliphatic heterocycles. The third-order valence-electron chi connectivity index (χ3n) is 6.89. The lowest BCUT2D eigenvalue weighted by molar-refractivity contribution is -0.141. The van der Waals surface area contributed by atoms with Gasteiger partial charge in [-0.15, -0.1) is 0 Å². The second-order valence-corrected chi connectivity index (χ2v) is 10.6. The van der Waals surface area contributed by atoms with Gasteiger partial charge in [0.05, 0.1) is 47.1 Å². The van der Waals surface area contributed by atoms with E-state index >= 15 is 0 Å². The van der Waals surface area contributed by atoms with Gasteiger partial charge < -0.3 is 24.4 Å². The quantitative estimate of drug-likeness (QED) is 0.502. The number of amides is 2. The van der Waals surface area contributed by atoms with Gasteiger partial charge in [0.2, 0.25) is 0 Å². The van der Waals surface area contributed by atoms with Crippen LogP contribution in [0.15, 0.2) is 42.9 Å². The molecule has 2 bridgehead atoms. The molecule has 0 radical (unpaired) electrons. The van der Waals surface area contributed by atoms with Gasteiger partial charge in [0.1, 0.15) is 18.5 Å². The van der Waals surface area contributed by atoms with Crippen LogP contribution < -0.4 is 19.9 Å². The number of rotatable bonds is 5. The van der Waals surface area contributed by atoms with E-state index in [0.717, 1.165) is 36.5 Å². The Morgan fingerprint density at radius 1 is 1.29 bits per heavy atom. The van der Waals surface area contributed by atoms with Crippen LogP contribution >= 0.6 is 11.6 Å². The number of hydrogen-bond donors (Lipinski definition) is 1. The van der Waals surface area contributed by atoms with Crippen LogP contribution in [-0.2, 0) is 9.47 Å². The summed E-state index contributed by atoms with van der Waals surface area (Å²) < 4.78 is 17.3. The normalized spacial score (nSPS) is 21.4. The number of hydrogen-bond acceptors (Lipinski definition) is 8. The predicted octanol–water partition coefficient (Wildman–Crippen LogP) is 4.66. The standard InChI is InChI=1S/C27H29ClN6O4/c1-16-8-17(4-6-30-16)24-22(28)10-23-25(32-24)34(19-5-7-33(23)13-19)26(35)31-18-9-20(12-29-11-18)36-14-21-15-37-27(2,3)38-21/h4,6,8-12,19,21H,5,7,13-15H2,1-3H3,(H,31,35)/t19-,21?/m0/s1. The van der Waals surface area contributed by atoms with Crippen LogP contribution in [0.4, 0.5) is 22.0 Å². The summed E-state index contributed by atoms with van der Waals surface area (Å²) in [7, 11) is 0. The predicted molar refractivity (Wildman–Crippen MR) is 144 cm³/mol. The first-order valence-electron chi connectivity index (χ1n) is 12.6. The van der Waals surface area contributed by atoms with Crippen LogP contribution in [0, 0.1) is 6.92 Å². The van der Waals surface area contributed by atoms with Gasteiger partial charge in [0, 0.05) is 36.6 Å². The van der Waals surface area contributed by atoms with Crippen LogP contribution in [0.3, 0.4) is 0 Å². The largest absolute Gasteiger partial charge is 0.489 e. The Labute approximate surface area is 225 Å². The van der Waals surface area contributed by atoms with Crippen LogP contribution in [0.25, 0.3) is 11.3 Å². The first-order valence-corrected chi connectivity index (χ1v) is 13.0. The summed E-state index contributed by atoms with van der Waals surface area (Å²) in [6.45, 7) is 8.01. The minimum atomic E-state index is -0.614. The number of urea groups is 1.